The molecule has 0 aromatic heterocycles. The summed E-state index contributed by atoms with van der Waals surface area (Å²) in [5, 5.41) is 0. The largest absolute Gasteiger partial charge is 0.466 e. The van der Waals surface area contributed by atoms with Crippen LogP contribution < -0.4 is 0 Å². The van der Waals surface area contributed by atoms with Crippen LogP contribution in [0.5, 0.6) is 0 Å². The van der Waals surface area contributed by atoms with Gasteiger partial charge in [-0.05, 0) is 6.42 Å². The lowest BCUT2D eigenvalue weighted by Gasteiger charge is -2.00. The molecule has 0 aromatic rings. The molecule has 0 aliphatic carbocycles. The van der Waals surface area contributed by atoms with E-state index >= 15 is 0 Å². The molecular weight excluding hydrogens is 172 g/mol. The number of rotatable bonds is 4. The molecule has 0 bridgehead atoms. The zero-order valence-electron chi connectivity index (χ0n) is 7.70. The van der Waals surface area contributed by atoms with Crippen molar-refractivity contribution >= 4 is 11.9 Å². The molecule has 0 fully saturated rings. The first-order valence-corrected chi connectivity index (χ1v) is 3.63. The average Bonchev–Trinajstić information content (AvgIpc) is 2.15. The first-order valence-electron chi connectivity index (χ1n) is 3.63. The maximum atomic E-state index is 11.0. The van der Waals surface area contributed by atoms with E-state index < -0.39 is 11.9 Å². The molecule has 0 saturated carbocycles. The van der Waals surface area contributed by atoms with Crippen LogP contribution in [0.15, 0.2) is 24.3 Å². The van der Waals surface area contributed by atoms with Gasteiger partial charge in [-0.15, -0.1) is 6.58 Å². The number of methoxy groups -OCH3 is 2. The monoisotopic (exact) mass is 184 g/mol. The summed E-state index contributed by atoms with van der Waals surface area (Å²) in [6.45, 7) is 3.45. The third-order valence-corrected chi connectivity index (χ3v) is 1.31. The molecule has 0 spiro atoms. The van der Waals surface area contributed by atoms with Gasteiger partial charge >= 0.3 is 11.9 Å². The highest BCUT2D eigenvalue weighted by atomic mass is 16.5. The third-order valence-electron chi connectivity index (χ3n) is 1.31. The Morgan fingerprint density at radius 1 is 1.31 bits per heavy atom. The van der Waals surface area contributed by atoms with E-state index in [4.69, 9.17) is 0 Å². The van der Waals surface area contributed by atoms with E-state index in [1.807, 2.05) is 0 Å². The lowest BCUT2D eigenvalue weighted by molar-refractivity contribution is -0.138. The first-order chi connectivity index (χ1) is 6.15. The third kappa shape index (κ3) is 4.10. The summed E-state index contributed by atoms with van der Waals surface area (Å²) in [6.07, 6.45) is 2.88. The van der Waals surface area contributed by atoms with E-state index in [1.165, 1.54) is 20.3 Å². The smallest absolute Gasteiger partial charge is 0.334 e. The fourth-order valence-corrected chi connectivity index (χ4v) is 0.689. The van der Waals surface area contributed by atoms with Gasteiger partial charge in [0.25, 0.3) is 0 Å². The van der Waals surface area contributed by atoms with Crippen molar-refractivity contribution in [3.05, 3.63) is 24.3 Å². The maximum Gasteiger partial charge on any atom is 0.334 e. The van der Waals surface area contributed by atoms with Gasteiger partial charge in [0, 0.05) is 11.6 Å². The van der Waals surface area contributed by atoms with Gasteiger partial charge < -0.3 is 9.47 Å². The molecule has 0 unspecified atom stereocenters. The van der Waals surface area contributed by atoms with Crippen molar-refractivity contribution in [3.63, 3.8) is 0 Å². The molecule has 72 valence electrons. The summed E-state index contributed by atoms with van der Waals surface area (Å²) in [5.41, 5.74) is 0.226. The SMILES string of the molecule is C=CC/C(=C\C(=O)OC)C(=O)OC. The van der Waals surface area contributed by atoms with E-state index in [0.717, 1.165) is 6.08 Å². The second-order valence-corrected chi connectivity index (χ2v) is 2.18. The zero-order chi connectivity index (χ0) is 10.3. The Labute approximate surface area is 76.8 Å². The number of ether oxygens (including phenoxy) is 2. The molecule has 0 rings (SSSR count). The van der Waals surface area contributed by atoms with Gasteiger partial charge in [0.05, 0.1) is 14.2 Å². The normalized spacial score (nSPS) is 10.5. The molecule has 0 atom stereocenters. The fraction of sp³-hybridized carbons (Fsp3) is 0.333. The van der Waals surface area contributed by atoms with Gasteiger partial charge in [-0.2, -0.15) is 0 Å². The Bertz CT molecular complexity index is 240. The molecule has 4 nitrogen and oxygen atoms in total. The molecule has 0 amide bonds. The summed E-state index contributed by atoms with van der Waals surface area (Å²) in [4.78, 5) is 21.8. The Morgan fingerprint density at radius 3 is 2.31 bits per heavy atom. The molecule has 0 saturated heterocycles. The lowest BCUT2D eigenvalue weighted by atomic mass is 10.2. The number of allylic oxidation sites excluding steroid dienone is 1. The predicted octanol–water partition coefficient (Wildman–Crippen LogP) is 0.835. The van der Waals surface area contributed by atoms with Crippen LogP contribution in [0.4, 0.5) is 0 Å². The van der Waals surface area contributed by atoms with Crippen molar-refractivity contribution < 1.29 is 19.1 Å². The van der Waals surface area contributed by atoms with E-state index in [2.05, 4.69) is 16.1 Å². The van der Waals surface area contributed by atoms with Crippen LogP contribution in [-0.2, 0) is 19.1 Å². The van der Waals surface area contributed by atoms with Gasteiger partial charge in [0.15, 0.2) is 0 Å². The molecule has 4 heteroatoms. The first kappa shape index (κ1) is 11.4. The number of esters is 2. The van der Waals surface area contributed by atoms with Crippen LogP contribution in [0, 0.1) is 0 Å². The number of carbonyl (C=O) groups is 2. The Balaban J connectivity index is 4.57. The standard InChI is InChI=1S/C9H12O4/c1-4-5-7(9(11)13-3)6-8(10)12-2/h4,6H,1,5H2,2-3H3/b7-6+. The second-order valence-electron chi connectivity index (χ2n) is 2.18. The minimum absolute atomic E-state index is 0.226. The van der Waals surface area contributed by atoms with Gasteiger partial charge in [-0.3, -0.25) is 0 Å². The fourth-order valence-electron chi connectivity index (χ4n) is 0.689. The molecule has 13 heavy (non-hydrogen) atoms. The maximum absolute atomic E-state index is 11.0. The number of hydrogen-bond donors (Lipinski definition) is 0. The highest BCUT2D eigenvalue weighted by Gasteiger charge is 2.09. The van der Waals surface area contributed by atoms with Crippen LogP contribution >= 0.6 is 0 Å². The van der Waals surface area contributed by atoms with Gasteiger partial charge in [0.1, 0.15) is 0 Å². The summed E-state index contributed by atoms with van der Waals surface area (Å²) < 4.78 is 8.81. The average molecular weight is 184 g/mol. The molecule has 0 radical (unpaired) electrons. The van der Waals surface area contributed by atoms with E-state index in [9.17, 15) is 9.59 Å². The van der Waals surface area contributed by atoms with Crippen molar-refractivity contribution in [2.24, 2.45) is 0 Å². The van der Waals surface area contributed by atoms with Crippen LogP contribution in [0.3, 0.4) is 0 Å². The van der Waals surface area contributed by atoms with Crippen LogP contribution in [-0.4, -0.2) is 26.2 Å². The summed E-state index contributed by atoms with van der Waals surface area (Å²) in [6, 6.07) is 0. The molecule has 0 aromatic carbocycles. The van der Waals surface area contributed by atoms with E-state index in [1.54, 1.807) is 0 Å². The highest BCUT2D eigenvalue weighted by Crippen LogP contribution is 2.04. The van der Waals surface area contributed by atoms with Crippen molar-refractivity contribution in [2.45, 2.75) is 6.42 Å². The molecule has 0 aliphatic rings. The second kappa shape index (κ2) is 5.99. The summed E-state index contributed by atoms with van der Waals surface area (Å²) in [7, 11) is 2.48. The summed E-state index contributed by atoms with van der Waals surface area (Å²) in [5.74, 6) is -1.13. The van der Waals surface area contributed by atoms with Gasteiger partial charge in [-0.1, -0.05) is 6.08 Å². The van der Waals surface area contributed by atoms with E-state index in [0.29, 0.717) is 0 Å². The highest BCUT2D eigenvalue weighted by molar-refractivity contribution is 5.96. The predicted molar refractivity (Wildman–Crippen MR) is 46.9 cm³/mol. The number of hydrogen-bond acceptors (Lipinski definition) is 4. The quantitative estimate of drug-likeness (QED) is 0.369. The Hall–Kier alpha value is -1.58. The van der Waals surface area contributed by atoms with Gasteiger partial charge in [-0.25, -0.2) is 9.59 Å². The minimum atomic E-state index is -0.581. The van der Waals surface area contributed by atoms with Crippen LogP contribution in [0.2, 0.25) is 0 Å². The Kier molecular flexibility index (Phi) is 5.27. The van der Waals surface area contributed by atoms with Crippen molar-refractivity contribution in [1.82, 2.24) is 0 Å². The van der Waals surface area contributed by atoms with Crippen molar-refractivity contribution in [3.8, 4) is 0 Å². The number of carbonyl (C=O) groups excluding carboxylic acids is 2. The molecule has 0 heterocycles. The summed E-state index contributed by atoms with van der Waals surface area (Å²) >= 11 is 0. The Morgan fingerprint density at radius 2 is 1.92 bits per heavy atom. The van der Waals surface area contributed by atoms with Gasteiger partial charge in [0.2, 0.25) is 0 Å². The van der Waals surface area contributed by atoms with Crippen molar-refractivity contribution in [1.29, 1.82) is 0 Å². The topological polar surface area (TPSA) is 52.6 Å². The molecule has 0 N–H and O–H groups in total. The van der Waals surface area contributed by atoms with Crippen LogP contribution in [0.1, 0.15) is 6.42 Å². The lowest BCUT2D eigenvalue weighted by Crippen LogP contribution is -2.07. The molecular formula is C9H12O4. The minimum Gasteiger partial charge on any atom is -0.466 e. The van der Waals surface area contributed by atoms with Crippen LogP contribution in [0.25, 0.3) is 0 Å². The molecule has 0 aliphatic heterocycles. The van der Waals surface area contributed by atoms with Crippen molar-refractivity contribution in [2.75, 3.05) is 14.2 Å². The zero-order valence-corrected chi connectivity index (χ0v) is 7.70. The van der Waals surface area contributed by atoms with E-state index in [-0.39, 0.29) is 12.0 Å².